The molecule has 1 atom stereocenters. The molecule has 1 aromatic carbocycles. The molecule has 4 rings (SSSR count). The van der Waals surface area contributed by atoms with E-state index < -0.39 is 33.7 Å². The first-order valence-electron chi connectivity index (χ1n) is 11.8. The summed E-state index contributed by atoms with van der Waals surface area (Å²) in [7, 11) is -2.23. The molecule has 204 valence electrons. The van der Waals surface area contributed by atoms with Gasteiger partial charge >= 0.3 is 16.2 Å². The average Bonchev–Trinajstić information content (AvgIpc) is 3.14. The summed E-state index contributed by atoms with van der Waals surface area (Å²) >= 11 is 0. The SMILES string of the molecule is CC(C)N1C(=O)c2ccccc2NS1(=O)=O.COCc1cnc(C2=NC(C)(C(C)C)C(=O)N2)c(C(=O)O)c1. The molecule has 1 aromatic heterocycles. The quantitative estimate of drug-likeness (QED) is 0.497. The molecular formula is C25H31N5O7S. The number of carboxylic acids is 1. The van der Waals surface area contributed by atoms with Gasteiger partial charge in [0.1, 0.15) is 11.2 Å². The van der Waals surface area contributed by atoms with Crippen LogP contribution in [-0.2, 0) is 26.3 Å². The maximum Gasteiger partial charge on any atom is 0.338 e. The zero-order valence-electron chi connectivity index (χ0n) is 22.0. The third-order valence-electron chi connectivity index (χ3n) is 6.19. The number of pyridine rings is 1. The molecule has 0 fully saturated rings. The number of carboxylic acid groups (broad SMARTS) is 1. The minimum atomic E-state index is -3.75. The number of aliphatic imine (C=N–C) groups is 1. The van der Waals surface area contributed by atoms with Gasteiger partial charge in [-0.15, -0.1) is 0 Å². The molecule has 38 heavy (non-hydrogen) atoms. The second-order valence-electron chi connectivity index (χ2n) is 9.54. The van der Waals surface area contributed by atoms with Crippen molar-refractivity contribution in [3.63, 3.8) is 0 Å². The Hall–Kier alpha value is -3.84. The number of ether oxygens (including phenoxy) is 1. The van der Waals surface area contributed by atoms with Crippen LogP contribution in [-0.4, -0.2) is 65.1 Å². The first kappa shape index (κ1) is 28.7. The van der Waals surface area contributed by atoms with Crippen molar-refractivity contribution >= 4 is 39.5 Å². The Morgan fingerprint density at radius 2 is 1.84 bits per heavy atom. The van der Waals surface area contributed by atoms with Crippen molar-refractivity contribution < 1.29 is 32.6 Å². The Morgan fingerprint density at radius 1 is 1.18 bits per heavy atom. The normalized spacial score (nSPS) is 19.8. The smallest absolute Gasteiger partial charge is 0.338 e. The van der Waals surface area contributed by atoms with Gasteiger partial charge in [0.05, 0.1) is 23.4 Å². The van der Waals surface area contributed by atoms with Crippen LogP contribution in [0, 0.1) is 5.92 Å². The van der Waals surface area contributed by atoms with Gasteiger partial charge < -0.3 is 15.2 Å². The summed E-state index contributed by atoms with van der Waals surface area (Å²) < 4.78 is 31.8. The Morgan fingerprint density at radius 3 is 2.39 bits per heavy atom. The van der Waals surface area contributed by atoms with E-state index in [0.717, 1.165) is 4.31 Å². The lowest BCUT2D eigenvalue weighted by Gasteiger charge is -2.31. The van der Waals surface area contributed by atoms with E-state index in [2.05, 4.69) is 20.0 Å². The predicted octanol–water partition coefficient (Wildman–Crippen LogP) is 2.42. The number of rotatable bonds is 6. The summed E-state index contributed by atoms with van der Waals surface area (Å²) in [6.45, 7) is 9.07. The average molecular weight is 546 g/mol. The van der Waals surface area contributed by atoms with Crippen LogP contribution in [0.2, 0.25) is 0 Å². The first-order chi connectivity index (χ1) is 17.7. The van der Waals surface area contributed by atoms with Crippen molar-refractivity contribution in [2.75, 3.05) is 11.8 Å². The van der Waals surface area contributed by atoms with Gasteiger partial charge in [-0.25, -0.2) is 14.1 Å². The summed E-state index contributed by atoms with van der Waals surface area (Å²) in [5.74, 6) is -1.69. The lowest BCUT2D eigenvalue weighted by Crippen LogP contribution is -2.48. The number of hydrogen-bond donors (Lipinski definition) is 3. The first-order valence-corrected chi connectivity index (χ1v) is 13.2. The van der Waals surface area contributed by atoms with Crippen molar-refractivity contribution in [2.24, 2.45) is 10.9 Å². The van der Waals surface area contributed by atoms with Crippen molar-refractivity contribution in [2.45, 2.75) is 52.8 Å². The van der Waals surface area contributed by atoms with Crippen molar-refractivity contribution in [1.82, 2.24) is 14.6 Å². The highest BCUT2D eigenvalue weighted by Crippen LogP contribution is 2.28. The second-order valence-corrected chi connectivity index (χ2v) is 11.1. The van der Waals surface area contributed by atoms with Gasteiger partial charge in [-0.3, -0.25) is 19.3 Å². The number of carbonyl (C=O) groups is 3. The number of aromatic nitrogens is 1. The molecule has 0 bridgehead atoms. The number of amidine groups is 1. The number of fused-ring (bicyclic) bond motifs is 1. The lowest BCUT2D eigenvalue weighted by atomic mass is 9.89. The van der Waals surface area contributed by atoms with Crippen molar-refractivity contribution in [1.29, 1.82) is 0 Å². The van der Waals surface area contributed by atoms with Crippen LogP contribution in [0.4, 0.5) is 5.69 Å². The van der Waals surface area contributed by atoms with E-state index in [-0.39, 0.29) is 35.5 Å². The number of amides is 2. The molecule has 0 radical (unpaired) electrons. The van der Waals surface area contributed by atoms with E-state index in [4.69, 9.17) is 4.74 Å². The topological polar surface area (TPSA) is 167 Å². The molecule has 2 amide bonds. The zero-order chi connectivity index (χ0) is 28.4. The Kier molecular flexibility index (Phi) is 8.22. The summed E-state index contributed by atoms with van der Waals surface area (Å²) in [5, 5.41) is 12.0. The van der Waals surface area contributed by atoms with Crippen LogP contribution in [0.15, 0.2) is 41.5 Å². The van der Waals surface area contributed by atoms with E-state index >= 15 is 0 Å². The number of nitrogens with zero attached hydrogens (tertiary/aromatic N) is 3. The highest BCUT2D eigenvalue weighted by molar-refractivity contribution is 7.91. The highest BCUT2D eigenvalue weighted by atomic mass is 32.2. The molecule has 0 spiro atoms. The van der Waals surface area contributed by atoms with E-state index in [1.807, 2.05) is 13.8 Å². The van der Waals surface area contributed by atoms with Crippen molar-refractivity contribution in [3.05, 3.63) is 58.9 Å². The maximum absolute atomic E-state index is 12.2. The van der Waals surface area contributed by atoms with Gasteiger partial charge in [0.15, 0.2) is 5.84 Å². The second kappa shape index (κ2) is 10.9. The molecule has 3 N–H and O–H groups in total. The third kappa shape index (κ3) is 5.53. The monoisotopic (exact) mass is 545 g/mol. The Bertz CT molecular complexity index is 1400. The number of hydrogen-bond acceptors (Lipinski definition) is 8. The molecular weight excluding hydrogens is 514 g/mol. The maximum atomic E-state index is 12.2. The molecule has 12 nitrogen and oxygen atoms in total. The molecule has 2 aliphatic rings. The summed E-state index contributed by atoms with van der Waals surface area (Å²) in [5.41, 5.74) is 0.583. The lowest BCUT2D eigenvalue weighted by molar-refractivity contribution is -0.124. The van der Waals surface area contributed by atoms with E-state index in [1.165, 1.54) is 19.4 Å². The number of methoxy groups -OCH3 is 1. The van der Waals surface area contributed by atoms with Crippen molar-refractivity contribution in [3.8, 4) is 0 Å². The van der Waals surface area contributed by atoms with Gasteiger partial charge in [-0.1, -0.05) is 26.0 Å². The molecule has 3 heterocycles. The minimum Gasteiger partial charge on any atom is -0.478 e. The van der Waals surface area contributed by atoms with Gasteiger partial charge in [0, 0.05) is 19.3 Å². The fourth-order valence-electron chi connectivity index (χ4n) is 3.84. The summed E-state index contributed by atoms with van der Waals surface area (Å²) in [4.78, 5) is 44.1. The molecule has 0 saturated carbocycles. The fourth-order valence-corrected chi connectivity index (χ4v) is 5.27. The molecule has 1 unspecified atom stereocenters. The molecule has 0 aliphatic carbocycles. The predicted molar refractivity (Wildman–Crippen MR) is 140 cm³/mol. The number of benzene rings is 1. The van der Waals surface area contributed by atoms with Crippen LogP contribution in [0.3, 0.4) is 0 Å². The summed E-state index contributed by atoms with van der Waals surface area (Å²) in [6.07, 6.45) is 1.52. The molecule has 2 aromatic rings. The largest absolute Gasteiger partial charge is 0.478 e. The van der Waals surface area contributed by atoms with E-state index in [1.54, 1.807) is 45.0 Å². The van der Waals surface area contributed by atoms with Gasteiger partial charge in [0.2, 0.25) is 0 Å². The van der Waals surface area contributed by atoms with Crippen LogP contribution in [0.1, 0.15) is 66.6 Å². The van der Waals surface area contributed by atoms with Crippen LogP contribution in [0.25, 0.3) is 0 Å². The van der Waals surface area contributed by atoms with Gasteiger partial charge in [-0.2, -0.15) is 8.42 Å². The number of anilines is 1. The van der Waals surface area contributed by atoms with E-state index in [0.29, 0.717) is 16.8 Å². The number of nitrogens with one attached hydrogen (secondary N) is 2. The Balaban J connectivity index is 0.000000221. The minimum absolute atomic E-state index is 0.0124. The molecule has 0 saturated heterocycles. The molecule has 13 heteroatoms. The fraction of sp³-hybridized carbons (Fsp3) is 0.400. The van der Waals surface area contributed by atoms with Gasteiger partial charge in [0.25, 0.3) is 11.8 Å². The zero-order valence-corrected chi connectivity index (χ0v) is 22.8. The van der Waals surface area contributed by atoms with Crippen LogP contribution >= 0.6 is 0 Å². The molecule has 2 aliphatic heterocycles. The Labute approximate surface area is 221 Å². The third-order valence-corrected chi connectivity index (χ3v) is 7.78. The highest BCUT2D eigenvalue weighted by Gasteiger charge is 2.43. The van der Waals surface area contributed by atoms with Gasteiger partial charge in [-0.05, 0) is 50.5 Å². The van der Waals surface area contributed by atoms with Crippen LogP contribution < -0.4 is 10.0 Å². The standard InChI is InChI=1S/C15H19N3O4.C10H12N2O3S/c1-8(2)15(3)14(21)17-12(18-15)11-10(13(19)20)5-9(6-16-11)7-22-4;1-7(2)12-10(13)8-5-3-4-6-9(8)11-16(12,14)15/h5-6,8H,7H2,1-4H3,(H,19,20)(H,17,18,21);3-7,11H,1-2H3. The number of carbonyl (C=O) groups excluding carboxylic acids is 2. The summed E-state index contributed by atoms with van der Waals surface area (Å²) in [6, 6.07) is 7.64. The number of aromatic carboxylic acids is 1. The van der Waals surface area contributed by atoms with E-state index in [9.17, 15) is 27.9 Å². The van der Waals surface area contributed by atoms with Crippen LogP contribution in [0.5, 0.6) is 0 Å². The number of para-hydroxylation sites is 1.